The first-order valence-corrected chi connectivity index (χ1v) is 9.84. The zero-order valence-corrected chi connectivity index (χ0v) is 14.8. The Balaban J connectivity index is 1.61. The largest absolute Gasteiger partial charge is 0.393 e. The van der Waals surface area contributed by atoms with Gasteiger partial charge in [-0.3, -0.25) is 0 Å². The van der Waals surface area contributed by atoms with E-state index in [2.05, 4.69) is 26.2 Å². The van der Waals surface area contributed by atoms with Gasteiger partial charge in [0.15, 0.2) is 0 Å². The molecule has 0 spiro atoms. The summed E-state index contributed by atoms with van der Waals surface area (Å²) in [5, 5.41) is 13.7. The molecule has 4 aliphatic rings. The summed E-state index contributed by atoms with van der Waals surface area (Å²) in [5.74, 6) is 3.65. The van der Waals surface area contributed by atoms with Crippen molar-refractivity contribution < 1.29 is 5.11 Å². The third-order valence-electron chi connectivity index (χ3n) is 8.99. The summed E-state index contributed by atoms with van der Waals surface area (Å²) in [5.41, 5.74) is 1.08. The summed E-state index contributed by atoms with van der Waals surface area (Å²) in [6.07, 6.45) is 11.9. The van der Waals surface area contributed by atoms with Crippen molar-refractivity contribution in [2.75, 3.05) is 7.05 Å². The molecule has 0 radical (unpaired) electrons. The maximum absolute atomic E-state index is 10.1. The zero-order valence-electron chi connectivity index (χ0n) is 14.8. The number of aliphatic hydroxyl groups is 1. The summed E-state index contributed by atoms with van der Waals surface area (Å²) < 4.78 is 0. The van der Waals surface area contributed by atoms with Gasteiger partial charge in [0.2, 0.25) is 0 Å². The molecule has 0 aromatic carbocycles. The van der Waals surface area contributed by atoms with Crippen LogP contribution < -0.4 is 5.32 Å². The molecule has 2 heteroatoms. The fourth-order valence-electron chi connectivity index (χ4n) is 7.71. The maximum atomic E-state index is 10.1. The molecule has 4 saturated carbocycles. The number of aliphatic hydroxyl groups excluding tert-OH is 1. The molecule has 0 aromatic rings. The van der Waals surface area contributed by atoms with Crippen molar-refractivity contribution in [2.45, 2.75) is 83.8 Å². The molecule has 4 aliphatic carbocycles. The normalized spacial score (nSPS) is 57.8. The van der Waals surface area contributed by atoms with Crippen LogP contribution >= 0.6 is 0 Å². The van der Waals surface area contributed by atoms with E-state index >= 15 is 0 Å². The van der Waals surface area contributed by atoms with Crippen LogP contribution in [0.4, 0.5) is 0 Å². The Morgan fingerprint density at radius 1 is 0.864 bits per heavy atom. The van der Waals surface area contributed by atoms with Gasteiger partial charge in [0.25, 0.3) is 0 Å². The van der Waals surface area contributed by atoms with Crippen LogP contribution in [0.3, 0.4) is 0 Å². The van der Waals surface area contributed by atoms with E-state index in [1.807, 2.05) is 0 Å². The van der Waals surface area contributed by atoms with Gasteiger partial charge in [-0.2, -0.15) is 0 Å². The Kier molecular flexibility index (Phi) is 3.66. The van der Waals surface area contributed by atoms with Gasteiger partial charge in [0.1, 0.15) is 0 Å². The van der Waals surface area contributed by atoms with Gasteiger partial charge in [-0.05, 0) is 99.3 Å². The Labute approximate surface area is 136 Å². The van der Waals surface area contributed by atoms with Crippen molar-refractivity contribution in [3.05, 3.63) is 0 Å². The van der Waals surface area contributed by atoms with Crippen molar-refractivity contribution in [1.29, 1.82) is 0 Å². The number of hydrogen-bond acceptors (Lipinski definition) is 2. The van der Waals surface area contributed by atoms with Gasteiger partial charge < -0.3 is 10.4 Å². The molecule has 4 fully saturated rings. The van der Waals surface area contributed by atoms with Gasteiger partial charge in [-0.1, -0.05) is 13.8 Å². The molecule has 0 saturated heterocycles. The topological polar surface area (TPSA) is 32.3 Å². The maximum Gasteiger partial charge on any atom is 0.0543 e. The van der Waals surface area contributed by atoms with Gasteiger partial charge in [-0.25, -0.2) is 0 Å². The van der Waals surface area contributed by atoms with E-state index < -0.39 is 0 Å². The van der Waals surface area contributed by atoms with Gasteiger partial charge in [-0.15, -0.1) is 0 Å². The standard InChI is InChI=1S/C20H35NO/c1-19-10-8-14(22)12-13(19)4-5-15-16-6-7-18(21-3)20(16,2)11-9-17(15)19/h13-18,21-22H,4-12H2,1-3H3/t13-,14-,15-,16-,17-,18-,19-,20-/m0/s1. The minimum absolute atomic E-state index is 0.0105. The summed E-state index contributed by atoms with van der Waals surface area (Å²) >= 11 is 0. The van der Waals surface area contributed by atoms with Crippen LogP contribution in [0.25, 0.3) is 0 Å². The van der Waals surface area contributed by atoms with Crippen molar-refractivity contribution in [2.24, 2.45) is 34.5 Å². The molecule has 0 amide bonds. The molecule has 0 aliphatic heterocycles. The minimum atomic E-state index is -0.0105. The number of fused-ring (bicyclic) bond motifs is 5. The van der Waals surface area contributed by atoms with Gasteiger partial charge in [0, 0.05) is 6.04 Å². The molecular weight excluding hydrogens is 270 g/mol. The minimum Gasteiger partial charge on any atom is -0.393 e. The first-order chi connectivity index (χ1) is 10.5. The average molecular weight is 306 g/mol. The van der Waals surface area contributed by atoms with E-state index in [1.165, 1.54) is 44.9 Å². The summed E-state index contributed by atoms with van der Waals surface area (Å²) in [7, 11) is 2.17. The number of rotatable bonds is 1. The predicted molar refractivity (Wildman–Crippen MR) is 90.6 cm³/mol. The molecule has 22 heavy (non-hydrogen) atoms. The van der Waals surface area contributed by atoms with Crippen molar-refractivity contribution in [3.8, 4) is 0 Å². The molecule has 0 unspecified atom stereocenters. The third-order valence-corrected chi connectivity index (χ3v) is 8.99. The lowest BCUT2D eigenvalue weighted by Crippen LogP contribution is -2.55. The van der Waals surface area contributed by atoms with Crippen molar-refractivity contribution >= 4 is 0 Å². The van der Waals surface area contributed by atoms with E-state index in [4.69, 9.17) is 0 Å². The fourth-order valence-corrected chi connectivity index (χ4v) is 7.71. The summed E-state index contributed by atoms with van der Waals surface area (Å²) in [6.45, 7) is 5.18. The summed E-state index contributed by atoms with van der Waals surface area (Å²) in [4.78, 5) is 0. The summed E-state index contributed by atoms with van der Waals surface area (Å²) in [6, 6.07) is 0.747. The number of hydrogen-bond donors (Lipinski definition) is 2. The first-order valence-electron chi connectivity index (χ1n) is 9.84. The van der Waals surface area contributed by atoms with E-state index in [0.717, 1.165) is 42.6 Å². The molecule has 2 N–H and O–H groups in total. The monoisotopic (exact) mass is 305 g/mol. The number of nitrogens with one attached hydrogen (secondary N) is 1. The van der Waals surface area contributed by atoms with Crippen molar-refractivity contribution in [3.63, 3.8) is 0 Å². The van der Waals surface area contributed by atoms with E-state index in [1.54, 1.807) is 0 Å². The molecule has 4 rings (SSSR count). The molecular formula is C20H35NO. The van der Waals surface area contributed by atoms with Gasteiger partial charge in [0.05, 0.1) is 6.10 Å². The van der Waals surface area contributed by atoms with E-state index in [-0.39, 0.29) is 6.10 Å². The van der Waals surface area contributed by atoms with Gasteiger partial charge >= 0.3 is 0 Å². The van der Waals surface area contributed by atoms with E-state index in [0.29, 0.717) is 10.8 Å². The molecule has 126 valence electrons. The van der Waals surface area contributed by atoms with Crippen LogP contribution in [-0.4, -0.2) is 24.3 Å². The Morgan fingerprint density at radius 2 is 1.59 bits per heavy atom. The first kappa shape index (κ1) is 15.4. The second-order valence-corrected chi connectivity index (χ2v) is 9.55. The third kappa shape index (κ3) is 1.99. The SMILES string of the molecule is CN[C@H]1CC[C@H]2[C@@H]3CC[C@H]4C[C@@H](O)CC[C@]4(C)[C@H]3CC[C@]12C. The molecule has 0 bridgehead atoms. The highest BCUT2D eigenvalue weighted by atomic mass is 16.3. The molecule has 0 heterocycles. The van der Waals surface area contributed by atoms with Crippen molar-refractivity contribution in [1.82, 2.24) is 5.32 Å². The average Bonchev–Trinajstić information content (AvgIpc) is 2.84. The van der Waals surface area contributed by atoms with Crippen LogP contribution in [0, 0.1) is 34.5 Å². The fraction of sp³-hybridized carbons (Fsp3) is 1.00. The smallest absolute Gasteiger partial charge is 0.0543 e. The van der Waals surface area contributed by atoms with Crippen LogP contribution in [0.15, 0.2) is 0 Å². The highest BCUT2D eigenvalue weighted by Crippen LogP contribution is 2.66. The van der Waals surface area contributed by atoms with Crippen LogP contribution in [0.1, 0.15) is 71.6 Å². The molecule has 2 nitrogen and oxygen atoms in total. The predicted octanol–water partition coefficient (Wildman–Crippen LogP) is 3.98. The Morgan fingerprint density at radius 3 is 2.36 bits per heavy atom. The Hall–Kier alpha value is -0.0800. The zero-order chi connectivity index (χ0) is 15.5. The quantitative estimate of drug-likeness (QED) is 0.768. The second-order valence-electron chi connectivity index (χ2n) is 9.55. The lowest BCUT2D eigenvalue weighted by Gasteiger charge is -2.61. The Bertz CT molecular complexity index is 437. The highest BCUT2D eigenvalue weighted by Gasteiger charge is 2.59. The lowest BCUT2D eigenvalue weighted by atomic mass is 9.45. The van der Waals surface area contributed by atoms with Crippen LogP contribution in [0.5, 0.6) is 0 Å². The second kappa shape index (κ2) is 5.21. The molecule has 0 aromatic heterocycles. The molecule has 8 atom stereocenters. The highest BCUT2D eigenvalue weighted by molar-refractivity contribution is 5.10. The van der Waals surface area contributed by atoms with Crippen LogP contribution in [-0.2, 0) is 0 Å². The lowest BCUT2D eigenvalue weighted by molar-refractivity contribution is -0.123. The van der Waals surface area contributed by atoms with Crippen LogP contribution in [0.2, 0.25) is 0 Å². The van der Waals surface area contributed by atoms with E-state index in [9.17, 15) is 5.11 Å².